The van der Waals surface area contributed by atoms with E-state index >= 15 is 0 Å². The van der Waals surface area contributed by atoms with Gasteiger partial charge in [0.25, 0.3) is 0 Å². The van der Waals surface area contributed by atoms with Gasteiger partial charge in [0, 0.05) is 12.6 Å². The van der Waals surface area contributed by atoms with E-state index in [1.165, 1.54) is 11.1 Å². The van der Waals surface area contributed by atoms with Crippen LogP contribution in [0.1, 0.15) is 22.5 Å². The maximum absolute atomic E-state index is 5.74. The van der Waals surface area contributed by atoms with Crippen LogP contribution in [0.5, 0.6) is 5.75 Å². The number of benzene rings is 1. The summed E-state index contributed by atoms with van der Waals surface area (Å²) in [6.45, 7) is 6.70. The fourth-order valence-electron chi connectivity index (χ4n) is 2.58. The molecule has 1 heterocycles. The lowest BCUT2D eigenvalue weighted by Crippen LogP contribution is -2.06. The molecule has 0 radical (unpaired) electrons. The molecule has 4 nitrogen and oxygen atoms in total. The second-order valence-electron chi connectivity index (χ2n) is 4.95. The summed E-state index contributed by atoms with van der Waals surface area (Å²) in [5, 5.41) is 0. The predicted octanol–water partition coefficient (Wildman–Crippen LogP) is 3.24. The highest BCUT2D eigenvalue weighted by Crippen LogP contribution is 2.37. The van der Waals surface area contributed by atoms with E-state index in [0.717, 1.165) is 33.0 Å². The molecule has 1 aromatic carbocycles. The molecule has 108 valence electrons. The zero-order chi connectivity index (χ0) is 15.0. The summed E-state index contributed by atoms with van der Waals surface area (Å²) < 4.78 is 8.31. The summed E-state index contributed by atoms with van der Waals surface area (Å²) in [6.07, 6.45) is 0. The average molecular weight is 338 g/mol. The van der Waals surface area contributed by atoms with E-state index in [0.29, 0.717) is 6.54 Å². The van der Waals surface area contributed by atoms with Crippen LogP contribution in [-0.2, 0) is 13.6 Å². The molecular formula is C15H20BrN3O. The Bertz CT molecular complexity index is 662. The first-order chi connectivity index (χ1) is 9.42. The van der Waals surface area contributed by atoms with Gasteiger partial charge < -0.3 is 15.0 Å². The lowest BCUT2D eigenvalue weighted by Gasteiger charge is -2.17. The van der Waals surface area contributed by atoms with Gasteiger partial charge in [-0.3, -0.25) is 0 Å². The Balaban J connectivity index is 2.77. The van der Waals surface area contributed by atoms with Crippen LogP contribution in [0.15, 0.2) is 10.7 Å². The number of aromatic nitrogens is 2. The van der Waals surface area contributed by atoms with Crippen LogP contribution in [0.2, 0.25) is 0 Å². The number of hydrogen-bond acceptors (Lipinski definition) is 3. The molecule has 0 saturated heterocycles. The van der Waals surface area contributed by atoms with Gasteiger partial charge in [-0.2, -0.15) is 0 Å². The average Bonchev–Trinajstić information content (AvgIpc) is 2.70. The van der Waals surface area contributed by atoms with Crippen molar-refractivity contribution < 1.29 is 4.74 Å². The van der Waals surface area contributed by atoms with Crippen molar-refractivity contribution in [3.63, 3.8) is 0 Å². The molecule has 2 rings (SSSR count). The van der Waals surface area contributed by atoms with Gasteiger partial charge in [-0.1, -0.05) is 0 Å². The first-order valence-electron chi connectivity index (χ1n) is 6.48. The van der Waals surface area contributed by atoms with E-state index in [-0.39, 0.29) is 0 Å². The Morgan fingerprint density at radius 2 is 1.95 bits per heavy atom. The van der Waals surface area contributed by atoms with Gasteiger partial charge in [0.2, 0.25) is 0 Å². The minimum atomic E-state index is 0.419. The fraction of sp³-hybridized carbons (Fsp3) is 0.400. The number of nitrogens with zero attached hydrogens (tertiary/aromatic N) is 2. The second-order valence-corrected chi connectivity index (χ2v) is 5.70. The van der Waals surface area contributed by atoms with Gasteiger partial charge in [0.15, 0.2) is 0 Å². The Kier molecular flexibility index (Phi) is 4.20. The smallest absolute Gasteiger partial charge is 0.132 e. The molecule has 0 unspecified atom stereocenters. The molecule has 0 atom stereocenters. The molecule has 0 bridgehead atoms. The highest BCUT2D eigenvalue weighted by atomic mass is 79.9. The van der Waals surface area contributed by atoms with Crippen LogP contribution in [-0.4, -0.2) is 16.7 Å². The van der Waals surface area contributed by atoms with E-state index in [2.05, 4.69) is 47.8 Å². The maximum Gasteiger partial charge on any atom is 0.132 e. The molecule has 0 saturated carbocycles. The van der Waals surface area contributed by atoms with Crippen molar-refractivity contribution in [3.8, 4) is 17.0 Å². The van der Waals surface area contributed by atoms with E-state index in [1.54, 1.807) is 7.11 Å². The summed E-state index contributed by atoms with van der Waals surface area (Å²) in [5.41, 5.74) is 11.5. The third-order valence-electron chi connectivity index (χ3n) is 3.83. The van der Waals surface area contributed by atoms with E-state index in [4.69, 9.17) is 10.5 Å². The highest BCUT2D eigenvalue weighted by Gasteiger charge is 2.20. The minimum Gasteiger partial charge on any atom is -0.496 e. The molecule has 20 heavy (non-hydrogen) atoms. The first kappa shape index (κ1) is 15.1. The topological polar surface area (TPSA) is 53.1 Å². The number of aryl methyl sites for hydroxylation is 1. The molecule has 2 N–H and O–H groups in total. The van der Waals surface area contributed by atoms with Crippen molar-refractivity contribution in [2.75, 3.05) is 7.11 Å². The van der Waals surface area contributed by atoms with Gasteiger partial charge in [-0.05, 0) is 59.5 Å². The minimum absolute atomic E-state index is 0.419. The SMILES string of the molecule is COc1cc(C)c(-c2c(Br)nc(CN)n2C)c(C)c1C. The number of methoxy groups -OCH3 is 1. The summed E-state index contributed by atoms with van der Waals surface area (Å²) in [6, 6.07) is 2.07. The molecule has 0 spiro atoms. The molecule has 0 aliphatic carbocycles. The van der Waals surface area contributed by atoms with Crippen LogP contribution < -0.4 is 10.5 Å². The van der Waals surface area contributed by atoms with Crippen LogP contribution in [0.3, 0.4) is 0 Å². The van der Waals surface area contributed by atoms with Crippen molar-refractivity contribution in [3.05, 3.63) is 33.2 Å². The summed E-state index contributed by atoms with van der Waals surface area (Å²) >= 11 is 3.56. The standard InChI is InChI=1S/C15H20BrN3O/c1-8-6-11(20-5)9(2)10(3)13(8)14-15(16)18-12(7-17)19(14)4/h6H,7,17H2,1-5H3. The Morgan fingerprint density at radius 1 is 1.30 bits per heavy atom. The van der Waals surface area contributed by atoms with Crippen molar-refractivity contribution in [1.29, 1.82) is 0 Å². The number of halogens is 1. The van der Waals surface area contributed by atoms with Crippen LogP contribution in [0.4, 0.5) is 0 Å². The van der Waals surface area contributed by atoms with Gasteiger partial charge in [-0.25, -0.2) is 4.98 Å². The molecule has 0 aliphatic heterocycles. The quantitative estimate of drug-likeness (QED) is 0.935. The number of imidazole rings is 1. The summed E-state index contributed by atoms with van der Waals surface area (Å²) in [4.78, 5) is 4.48. The third-order valence-corrected chi connectivity index (χ3v) is 4.39. The highest BCUT2D eigenvalue weighted by molar-refractivity contribution is 9.10. The molecule has 2 aromatic rings. The van der Waals surface area contributed by atoms with Crippen LogP contribution in [0.25, 0.3) is 11.3 Å². The maximum atomic E-state index is 5.74. The summed E-state index contributed by atoms with van der Waals surface area (Å²) in [5.74, 6) is 1.78. The number of nitrogens with two attached hydrogens (primary N) is 1. The molecule has 0 amide bonds. The van der Waals surface area contributed by atoms with Gasteiger partial charge in [0.05, 0.1) is 19.3 Å². The Labute approximate surface area is 128 Å². The second kappa shape index (κ2) is 5.58. The number of ether oxygens (including phenoxy) is 1. The zero-order valence-corrected chi connectivity index (χ0v) is 14.1. The number of hydrogen-bond donors (Lipinski definition) is 1. The molecular weight excluding hydrogens is 318 g/mol. The van der Waals surface area contributed by atoms with E-state index < -0.39 is 0 Å². The summed E-state index contributed by atoms with van der Waals surface area (Å²) in [7, 11) is 3.70. The first-order valence-corrected chi connectivity index (χ1v) is 7.28. The monoisotopic (exact) mass is 337 g/mol. The molecule has 0 fully saturated rings. The van der Waals surface area contributed by atoms with Gasteiger partial charge >= 0.3 is 0 Å². The Morgan fingerprint density at radius 3 is 2.45 bits per heavy atom. The third kappa shape index (κ3) is 2.25. The van der Waals surface area contributed by atoms with Crippen molar-refractivity contribution in [2.24, 2.45) is 12.8 Å². The van der Waals surface area contributed by atoms with E-state index in [1.807, 2.05) is 11.6 Å². The molecule has 0 aliphatic rings. The predicted molar refractivity (Wildman–Crippen MR) is 85.0 cm³/mol. The van der Waals surface area contributed by atoms with Crippen molar-refractivity contribution >= 4 is 15.9 Å². The van der Waals surface area contributed by atoms with Gasteiger partial charge in [0.1, 0.15) is 16.2 Å². The largest absolute Gasteiger partial charge is 0.496 e. The van der Waals surface area contributed by atoms with Crippen LogP contribution in [0, 0.1) is 20.8 Å². The molecule has 5 heteroatoms. The lowest BCUT2D eigenvalue weighted by molar-refractivity contribution is 0.411. The van der Waals surface area contributed by atoms with Crippen LogP contribution >= 0.6 is 15.9 Å². The molecule has 1 aromatic heterocycles. The van der Waals surface area contributed by atoms with E-state index in [9.17, 15) is 0 Å². The van der Waals surface area contributed by atoms with Crippen molar-refractivity contribution in [1.82, 2.24) is 9.55 Å². The normalized spacial score (nSPS) is 10.9. The van der Waals surface area contributed by atoms with Crippen molar-refractivity contribution in [2.45, 2.75) is 27.3 Å². The number of rotatable bonds is 3. The fourth-order valence-corrected chi connectivity index (χ4v) is 3.25. The lowest BCUT2D eigenvalue weighted by atomic mass is 9.95. The Hall–Kier alpha value is -1.33. The van der Waals surface area contributed by atoms with Gasteiger partial charge in [-0.15, -0.1) is 0 Å². The zero-order valence-electron chi connectivity index (χ0n) is 12.5.